The van der Waals surface area contributed by atoms with Gasteiger partial charge < -0.3 is 9.88 Å². The summed E-state index contributed by atoms with van der Waals surface area (Å²) < 4.78 is 4.01. The highest BCUT2D eigenvalue weighted by atomic mass is 35.5. The van der Waals surface area contributed by atoms with E-state index >= 15 is 0 Å². The molecule has 0 bridgehead atoms. The molecule has 0 fully saturated rings. The highest BCUT2D eigenvalue weighted by molar-refractivity contribution is 6.31. The van der Waals surface area contributed by atoms with E-state index in [1.54, 1.807) is 6.07 Å². The summed E-state index contributed by atoms with van der Waals surface area (Å²) in [4.78, 5) is 12.7. The van der Waals surface area contributed by atoms with Crippen LogP contribution in [0.1, 0.15) is 34.4 Å². The number of rotatable bonds is 5. The van der Waals surface area contributed by atoms with Crippen LogP contribution >= 0.6 is 11.6 Å². The van der Waals surface area contributed by atoms with Crippen molar-refractivity contribution in [1.82, 2.24) is 24.5 Å². The van der Waals surface area contributed by atoms with Crippen LogP contribution in [-0.2, 0) is 19.9 Å². The first kappa shape index (κ1) is 18.5. The monoisotopic (exact) mass is 395 g/mol. The van der Waals surface area contributed by atoms with Crippen molar-refractivity contribution in [2.75, 3.05) is 6.54 Å². The molecule has 0 spiro atoms. The standard InChI is InChI=1S/C21H22ClN5O/c1-4-15-17-12-14(22)7-8-18(17)26(3)19(15)9-10-23-21(28)16-6-5-11-27-13(2)24-25-20(16)27/h5-8,11-12H,4,9-10H2,1-3H3,(H,23,28). The zero-order valence-corrected chi connectivity index (χ0v) is 16.9. The lowest BCUT2D eigenvalue weighted by Crippen LogP contribution is -2.27. The molecule has 0 unspecified atom stereocenters. The zero-order chi connectivity index (χ0) is 19.8. The van der Waals surface area contributed by atoms with E-state index in [-0.39, 0.29) is 5.91 Å². The fourth-order valence-electron chi connectivity index (χ4n) is 3.86. The molecule has 0 aliphatic heterocycles. The Kier molecular flexibility index (Phi) is 4.81. The van der Waals surface area contributed by atoms with E-state index in [1.807, 2.05) is 41.8 Å². The van der Waals surface area contributed by atoms with E-state index in [0.717, 1.165) is 29.2 Å². The van der Waals surface area contributed by atoms with Gasteiger partial charge in [0.1, 0.15) is 5.82 Å². The third-order valence-electron chi connectivity index (χ3n) is 5.25. The Morgan fingerprint density at radius 3 is 2.86 bits per heavy atom. The van der Waals surface area contributed by atoms with Crippen LogP contribution in [0.15, 0.2) is 36.5 Å². The van der Waals surface area contributed by atoms with Gasteiger partial charge in [0.15, 0.2) is 5.65 Å². The number of carbonyl (C=O) groups excluding carboxylic acids is 1. The number of nitrogens with one attached hydrogen (secondary N) is 1. The van der Waals surface area contributed by atoms with Crippen molar-refractivity contribution in [3.05, 3.63) is 64.2 Å². The fourth-order valence-corrected chi connectivity index (χ4v) is 4.03. The van der Waals surface area contributed by atoms with Gasteiger partial charge in [-0.05, 0) is 49.2 Å². The summed E-state index contributed by atoms with van der Waals surface area (Å²) in [6, 6.07) is 9.59. The molecule has 0 saturated heterocycles. The first-order valence-electron chi connectivity index (χ1n) is 9.35. The minimum Gasteiger partial charge on any atom is -0.352 e. The number of hydrogen-bond donors (Lipinski definition) is 1. The summed E-state index contributed by atoms with van der Waals surface area (Å²) in [5.74, 6) is 0.615. The number of carbonyl (C=O) groups is 1. The van der Waals surface area contributed by atoms with Crippen molar-refractivity contribution in [2.24, 2.45) is 7.05 Å². The van der Waals surface area contributed by atoms with E-state index in [9.17, 15) is 4.79 Å². The Hall–Kier alpha value is -2.86. The lowest BCUT2D eigenvalue weighted by atomic mass is 10.1. The molecule has 6 nitrogen and oxygen atoms in total. The largest absolute Gasteiger partial charge is 0.352 e. The van der Waals surface area contributed by atoms with Crippen LogP contribution in [0.3, 0.4) is 0 Å². The Morgan fingerprint density at radius 1 is 1.25 bits per heavy atom. The van der Waals surface area contributed by atoms with Crippen molar-refractivity contribution in [2.45, 2.75) is 26.7 Å². The Labute approximate surface area is 168 Å². The quantitative estimate of drug-likeness (QED) is 0.560. The molecule has 0 radical (unpaired) electrons. The van der Waals surface area contributed by atoms with Crippen LogP contribution in [0.25, 0.3) is 16.6 Å². The summed E-state index contributed by atoms with van der Waals surface area (Å²) in [5, 5.41) is 13.1. The summed E-state index contributed by atoms with van der Waals surface area (Å²) in [5.41, 5.74) is 4.76. The van der Waals surface area contributed by atoms with E-state index in [4.69, 9.17) is 11.6 Å². The number of benzene rings is 1. The average molecular weight is 396 g/mol. The van der Waals surface area contributed by atoms with Gasteiger partial charge in [0.2, 0.25) is 0 Å². The molecule has 4 rings (SSSR count). The lowest BCUT2D eigenvalue weighted by Gasteiger charge is -2.09. The lowest BCUT2D eigenvalue weighted by molar-refractivity contribution is 0.0955. The summed E-state index contributed by atoms with van der Waals surface area (Å²) >= 11 is 6.19. The van der Waals surface area contributed by atoms with Crippen molar-refractivity contribution in [3.8, 4) is 0 Å². The first-order chi connectivity index (χ1) is 13.5. The van der Waals surface area contributed by atoms with Crippen LogP contribution in [0, 0.1) is 6.92 Å². The van der Waals surface area contributed by atoms with E-state index in [2.05, 4.69) is 34.1 Å². The SMILES string of the molecule is CCc1c(CCNC(=O)c2cccn3c(C)nnc23)n(C)c2ccc(Cl)cc12. The van der Waals surface area contributed by atoms with Crippen molar-refractivity contribution >= 4 is 34.1 Å². The smallest absolute Gasteiger partial charge is 0.255 e. The second-order valence-corrected chi connectivity index (χ2v) is 7.30. The minimum absolute atomic E-state index is 0.141. The van der Waals surface area contributed by atoms with Crippen molar-refractivity contribution in [1.29, 1.82) is 0 Å². The normalized spacial score (nSPS) is 11.4. The summed E-state index contributed by atoms with van der Waals surface area (Å²) in [6.07, 6.45) is 3.52. The highest BCUT2D eigenvalue weighted by Crippen LogP contribution is 2.28. The summed E-state index contributed by atoms with van der Waals surface area (Å²) in [7, 11) is 2.06. The molecule has 0 aliphatic rings. The number of aromatic nitrogens is 4. The third-order valence-corrected chi connectivity index (χ3v) is 5.48. The predicted octanol–water partition coefficient (Wildman–Crippen LogP) is 3.72. The van der Waals surface area contributed by atoms with Gasteiger partial charge in [-0.15, -0.1) is 10.2 Å². The molecule has 0 aliphatic carbocycles. The number of hydrogen-bond acceptors (Lipinski definition) is 3. The van der Waals surface area contributed by atoms with E-state index < -0.39 is 0 Å². The van der Waals surface area contributed by atoms with E-state index in [0.29, 0.717) is 17.8 Å². The molecular formula is C21H22ClN5O. The fraction of sp³-hybridized carbons (Fsp3) is 0.286. The number of fused-ring (bicyclic) bond motifs is 2. The maximum absolute atomic E-state index is 12.7. The molecule has 7 heteroatoms. The van der Waals surface area contributed by atoms with Gasteiger partial charge in [-0.2, -0.15) is 0 Å². The van der Waals surface area contributed by atoms with Gasteiger partial charge in [-0.25, -0.2) is 0 Å². The van der Waals surface area contributed by atoms with Gasteiger partial charge in [0.25, 0.3) is 5.91 Å². The maximum atomic E-state index is 12.7. The molecule has 28 heavy (non-hydrogen) atoms. The summed E-state index contributed by atoms with van der Waals surface area (Å²) in [6.45, 7) is 4.55. The number of halogens is 1. The topological polar surface area (TPSA) is 64.2 Å². The zero-order valence-electron chi connectivity index (χ0n) is 16.2. The Morgan fingerprint density at radius 2 is 2.07 bits per heavy atom. The van der Waals surface area contributed by atoms with Gasteiger partial charge in [0, 0.05) is 47.8 Å². The van der Waals surface area contributed by atoms with Gasteiger partial charge in [0.05, 0.1) is 5.56 Å². The number of nitrogens with zero attached hydrogens (tertiary/aromatic N) is 4. The van der Waals surface area contributed by atoms with Crippen LogP contribution in [0.4, 0.5) is 0 Å². The highest BCUT2D eigenvalue weighted by Gasteiger charge is 2.16. The number of pyridine rings is 1. The number of amides is 1. The molecule has 1 amide bonds. The third kappa shape index (κ3) is 3.03. The molecule has 4 aromatic rings. The molecule has 0 atom stereocenters. The van der Waals surface area contributed by atoms with Gasteiger partial charge in [-0.1, -0.05) is 18.5 Å². The second kappa shape index (κ2) is 7.28. The Balaban J connectivity index is 1.55. The Bertz CT molecular complexity index is 1190. The molecule has 1 N–H and O–H groups in total. The van der Waals surface area contributed by atoms with Crippen LogP contribution in [0.2, 0.25) is 5.02 Å². The first-order valence-corrected chi connectivity index (χ1v) is 9.73. The van der Waals surface area contributed by atoms with Crippen LogP contribution in [-0.4, -0.2) is 31.6 Å². The second-order valence-electron chi connectivity index (χ2n) is 6.87. The van der Waals surface area contributed by atoms with Crippen molar-refractivity contribution in [3.63, 3.8) is 0 Å². The van der Waals surface area contributed by atoms with Crippen molar-refractivity contribution < 1.29 is 4.79 Å². The molecule has 144 valence electrons. The van der Waals surface area contributed by atoms with Gasteiger partial charge in [-0.3, -0.25) is 9.20 Å². The van der Waals surface area contributed by atoms with Crippen LogP contribution < -0.4 is 5.32 Å². The molecule has 0 saturated carbocycles. The molecular weight excluding hydrogens is 374 g/mol. The molecule has 3 aromatic heterocycles. The maximum Gasteiger partial charge on any atom is 0.255 e. The minimum atomic E-state index is -0.141. The molecule has 3 heterocycles. The van der Waals surface area contributed by atoms with Gasteiger partial charge >= 0.3 is 0 Å². The van der Waals surface area contributed by atoms with Crippen LogP contribution in [0.5, 0.6) is 0 Å². The average Bonchev–Trinajstić information content (AvgIpc) is 3.19. The molecule has 1 aromatic carbocycles. The van der Waals surface area contributed by atoms with E-state index in [1.165, 1.54) is 16.6 Å². The predicted molar refractivity (Wildman–Crippen MR) is 111 cm³/mol. The number of aryl methyl sites for hydroxylation is 3.